The van der Waals surface area contributed by atoms with E-state index in [2.05, 4.69) is 11.9 Å². The van der Waals surface area contributed by atoms with E-state index in [1.807, 2.05) is 30.3 Å². The van der Waals surface area contributed by atoms with Crippen LogP contribution in [0.1, 0.15) is 16.7 Å². The van der Waals surface area contributed by atoms with Crippen molar-refractivity contribution in [2.45, 2.75) is 25.4 Å². The molecule has 0 spiro atoms. The predicted molar refractivity (Wildman–Crippen MR) is 137 cm³/mol. The fraction of sp³-hybridized carbons (Fsp3) is 0.241. The zero-order chi connectivity index (χ0) is 25.9. The van der Waals surface area contributed by atoms with Crippen LogP contribution < -0.4 is 14.8 Å². The number of hydrogen-bond acceptors (Lipinski definition) is 4. The number of rotatable bonds is 12. The Labute approximate surface area is 211 Å². The summed E-state index contributed by atoms with van der Waals surface area (Å²) in [5, 5.41) is 2.83. The third-order valence-corrected chi connectivity index (χ3v) is 5.76. The Morgan fingerprint density at radius 2 is 1.61 bits per heavy atom. The molecule has 0 fully saturated rings. The quantitative estimate of drug-likeness (QED) is 0.384. The van der Waals surface area contributed by atoms with Gasteiger partial charge < -0.3 is 19.7 Å². The Morgan fingerprint density at radius 1 is 0.944 bits per heavy atom. The molecule has 6 nitrogen and oxygen atoms in total. The lowest BCUT2D eigenvalue weighted by Crippen LogP contribution is -2.51. The van der Waals surface area contributed by atoms with Crippen LogP contribution in [-0.4, -0.2) is 43.5 Å². The maximum Gasteiger partial charge on any atom is 0.243 e. The average Bonchev–Trinajstić information content (AvgIpc) is 2.90. The van der Waals surface area contributed by atoms with Crippen molar-refractivity contribution in [2.24, 2.45) is 0 Å². The molecule has 36 heavy (non-hydrogen) atoms. The topological polar surface area (TPSA) is 67.9 Å². The molecular weight excluding hydrogens is 459 g/mol. The van der Waals surface area contributed by atoms with Crippen molar-refractivity contribution >= 4 is 11.8 Å². The van der Waals surface area contributed by atoms with Gasteiger partial charge in [0.05, 0.1) is 20.6 Å². The minimum absolute atomic E-state index is 0.0432. The molecule has 0 aliphatic carbocycles. The largest absolute Gasteiger partial charge is 0.493 e. The van der Waals surface area contributed by atoms with E-state index in [1.165, 1.54) is 19.2 Å². The normalized spacial score (nSPS) is 11.3. The van der Waals surface area contributed by atoms with Crippen LogP contribution in [0.15, 0.2) is 85.5 Å². The van der Waals surface area contributed by atoms with Crippen LogP contribution in [0, 0.1) is 5.82 Å². The molecule has 0 bridgehead atoms. The standard InChI is InChI=1S/C29H31FN2O4/c1-4-16-31-29(34)25(17-21-8-6-5-7-9-21)32(20-22-10-13-24(30)14-11-22)28(33)19-23-12-15-26(35-2)27(18-23)36-3/h4-15,18,25H,1,16-17,19-20H2,2-3H3,(H,31,34)/t25-/m0/s1. The van der Waals surface area contributed by atoms with E-state index in [1.54, 1.807) is 48.4 Å². The number of carbonyl (C=O) groups excluding carboxylic acids is 2. The van der Waals surface area contributed by atoms with E-state index in [4.69, 9.17) is 9.47 Å². The van der Waals surface area contributed by atoms with Gasteiger partial charge in [-0.2, -0.15) is 0 Å². The predicted octanol–water partition coefficient (Wildman–Crippen LogP) is 4.33. The zero-order valence-corrected chi connectivity index (χ0v) is 20.6. The van der Waals surface area contributed by atoms with E-state index in [9.17, 15) is 14.0 Å². The molecular formula is C29H31FN2O4. The lowest BCUT2D eigenvalue weighted by Gasteiger charge is -2.31. The molecule has 0 unspecified atom stereocenters. The summed E-state index contributed by atoms with van der Waals surface area (Å²) < 4.78 is 24.2. The molecule has 0 aliphatic rings. The molecule has 0 aromatic heterocycles. The fourth-order valence-electron chi connectivity index (χ4n) is 3.90. The van der Waals surface area contributed by atoms with Crippen LogP contribution in [0.25, 0.3) is 0 Å². The summed E-state index contributed by atoms with van der Waals surface area (Å²) in [7, 11) is 3.08. The van der Waals surface area contributed by atoms with Gasteiger partial charge in [-0.15, -0.1) is 6.58 Å². The molecule has 1 atom stereocenters. The smallest absolute Gasteiger partial charge is 0.243 e. The molecule has 0 heterocycles. The van der Waals surface area contributed by atoms with Crippen LogP contribution >= 0.6 is 0 Å². The number of ether oxygens (including phenoxy) is 2. The van der Waals surface area contributed by atoms with Crippen molar-refractivity contribution in [1.29, 1.82) is 0 Å². The Morgan fingerprint density at radius 3 is 2.25 bits per heavy atom. The highest BCUT2D eigenvalue weighted by molar-refractivity contribution is 5.89. The van der Waals surface area contributed by atoms with Gasteiger partial charge in [0.25, 0.3) is 0 Å². The highest BCUT2D eigenvalue weighted by Gasteiger charge is 2.30. The first-order valence-electron chi connectivity index (χ1n) is 11.6. The summed E-state index contributed by atoms with van der Waals surface area (Å²) in [5.74, 6) is 0.161. The summed E-state index contributed by atoms with van der Waals surface area (Å²) in [4.78, 5) is 28.6. The summed E-state index contributed by atoms with van der Waals surface area (Å²) >= 11 is 0. The van der Waals surface area contributed by atoms with E-state index in [0.717, 1.165) is 5.56 Å². The zero-order valence-electron chi connectivity index (χ0n) is 20.6. The van der Waals surface area contributed by atoms with Crippen molar-refractivity contribution in [3.8, 4) is 11.5 Å². The summed E-state index contributed by atoms with van der Waals surface area (Å²) in [5.41, 5.74) is 2.35. The van der Waals surface area contributed by atoms with E-state index in [-0.39, 0.29) is 37.1 Å². The SMILES string of the molecule is C=CCNC(=O)[C@H](Cc1ccccc1)N(Cc1ccc(F)cc1)C(=O)Cc1ccc(OC)c(OC)c1. The average molecular weight is 491 g/mol. The molecule has 2 amide bonds. The van der Waals surface area contributed by atoms with Crippen LogP contribution in [0.5, 0.6) is 11.5 Å². The van der Waals surface area contributed by atoms with E-state index >= 15 is 0 Å². The number of nitrogens with zero attached hydrogens (tertiary/aromatic N) is 1. The Balaban J connectivity index is 1.96. The minimum Gasteiger partial charge on any atom is -0.493 e. The van der Waals surface area contributed by atoms with Gasteiger partial charge in [-0.05, 0) is 41.0 Å². The lowest BCUT2D eigenvalue weighted by atomic mass is 10.0. The number of hydrogen-bond donors (Lipinski definition) is 1. The maximum atomic E-state index is 13.7. The molecule has 0 aliphatic heterocycles. The van der Waals surface area contributed by atoms with Crippen molar-refractivity contribution in [1.82, 2.24) is 10.2 Å². The molecule has 0 radical (unpaired) electrons. The highest BCUT2D eigenvalue weighted by Crippen LogP contribution is 2.28. The van der Waals surface area contributed by atoms with Crippen LogP contribution in [0.4, 0.5) is 4.39 Å². The Hall–Kier alpha value is -4.13. The highest BCUT2D eigenvalue weighted by atomic mass is 19.1. The molecule has 188 valence electrons. The summed E-state index contributed by atoms with van der Waals surface area (Å²) in [6.07, 6.45) is 1.96. The second-order valence-corrected chi connectivity index (χ2v) is 8.25. The van der Waals surface area contributed by atoms with Gasteiger partial charge in [-0.25, -0.2) is 4.39 Å². The van der Waals surface area contributed by atoms with Gasteiger partial charge >= 0.3 is 0 Å². The van der Waals surface area contributed by atoms with Crippen molar-refractivity contribution < 1.29 is 23.5 Å². The van der Waals surface area contributed by atoms with Crippen LogP contribution in [-0.2, 0) is 29.0 Å². The monoisotopic (exact) mass is 490 g/mol. The number of benzene rings is 3. The molecule has 7 heteroatoms. The minimum atomic E-state index is -0.787. The summed E-state index contributed by atoms with van der Waals surface area (Å²) in [6.45, 7) is 4.09. The first-order chi connectivity index (χ1) is 17.4. The third kappa shape index (κ3) is 7.18. The molecule has 3 aromatic carbocycles. The van der Waals surface area contributed by atoms with E-state index in [0.29, 0.717) is 29.0 Å². The molecule has 3 rings (SSSR count). The van der Waals surface area contributed by atoms with Gasteiger partial charge in [0.1, 0.15) is 11.9 Å². The maximum absolute atomic E-state index is 13.7. The number of methoxy groups -OCH3 is 2. The Kier molecular flexibility index (Phi) is 9.63. The molecule has 0 saturated heterocycles. The number of nitrogens with one attached hydrogen (secondary N) is 1. The van der Waals surface area contributed by atoms with Gasteiger partial charge in [0.2, 0.25) is 11.8 Å². The van der Waals surface area contributed by atoms with Crippen LogP contribution in [0.2, 0.25) is 0 Å². The number of amides is 2. The molecule has 3 aromatic rings. The first-order valence-corrected chi connectivity index (χ1v) is 11.6. The van der Waals surface area contributed by atoms with Crippen molar-refractivity contribution in [2.75, 3.05) is 20.8 Å². The van der Waals surface area contributed by atoms with Crippen LogP contribution in [0.3, 0.4) is 0 Å². The van der Waals surface area contributed by atoms with E-state index < -0.39 is 6.04 Å². The van der Waals surface area contributed by atoms with Gasteiger partial charge in [0.15, 0.2) is 11.5 Å². The first kappa shape index (κ1) is 26.5. The lowest BCUT2D eigenvalue weighted by molar-refractivity contribution is -0.140. The fourth-order valence-corrected chi connectivity index (χ4v) is 3.90. The molecule has 0 saturated carbocycles. The van der Waals surface area contributed by atoms with Crippen molar-refractivity contribution in [3.63, 3.8) is 0 Å². The number of halogens is 1. The van der Waals surface area contributed by atoms with Gasteiger partial charge in [-0.1, -0.05) is 54.6 Å². The second-order valence-electron chi connectivity index (χ2n) is 8.25. The summed E-state index contributed by atoms with van der Waals surface area (Å²) in [6, 6.07) is 19.9. The van der Waals surface area contributed by atoms with Gasteiger partial charge in [-0.3, -0.25) is 9.59 Å². The third-order valence-electron chi connectivity index (χ3n) is 5.76. The molecule has 1 N–H and O–H groups in total. The van der Waals surface area contributed by atoms with Crippen molar-refractivity contribution in [3.05, 3.63) is 108 Å². The van der Waals surface area contributed by atoms with Gasteiger partial charge in [0, 0.05) is 19.5 Å². The second kappa shape index (κ2) is 13.1. The Bertz CT molecular complexity index is 1170. The number of carbonyl (C=O) groups is 2.